The second-order valence-corrected chi connectivity index (χ2v) is 3.38. The third-order valence-corrected chi connectivity index (χ3v) is 2.49. The summed E-state index contributed by atoms with van der Waals surface area (Å²) >= 11 is 0. The van der Waals surface area contributed by atoms with Crippen LogP contribution < -0.4 is 5.73 Å². The maximum atomic E-state index is 5.87. The Balaban J connectivity index is 2.58. The first-order valence-electron chi connectivity index (χ1n) is 4.34. The Kier molecular flexibility index (Phi) is 1.65. The van der Waals surface area contributed by atoms with Gasteiger partial charge in [-0.2, -0.15) is 0 Å². The van der Waals surface area contributed by atoms with Crippen LogP contribution in [0.15, 0.2) is 30.3 Å². The maximum Gasteiger partial charge on any atom is 0.0350 e. The normalized spacial score (nSPS) is 21.4. The van der Waals surface area contributed by atoms with Crippen molar-refractivity contribution in [1.29, 1.82) is 0 Å². The van der Waals surface area contributed by atoms with Gasteiger partial charge in [-0.3, -0.25) is 0 Å². The topological polar surface area (TPSA) is 26.0 Å². The molecule has 1 aliphatic rings. The SMILES string of the molecule is CC1CC=C(N)c2ccccc21. The van der Waals surface area contributed by atoms with Gasteiger partial charge in [0.2, 0.25) is 0 Å². The average Bonchev–Trinajstić information content (AvgIpc) is 2.12. The predicted molar refractivity (Wildman–Crippen MR) is 51.6 cm³/mol. The summed E-state index contributed by atoms with van der Waals surface area (Å²) in [5.41, 5.74) is 9.41. The van der Waals surface area contributed by atoms with Gasteiger partial charge < -0.3 is 5.73 Å². The number of rotatable bonds is 0. The summed E-state index contributed by atoms with van der Waals surface area (Å²) in [5.74, 6) is 0.619. The molecule has 2 rings (SSSR count). The first-order valence-corrected chi connectivity index (χ1v) is 4.34. The van der Waals surface area contributed by atoms with E-state index < -0.39 is 0 Å². The molecule has 0 bridgehead atoms. The fourth-order valence-electron chi connectivity index (χ4n) is 1.73. The Morgan fingerprint density at radius 2 is 2.08 bits per heavy atom. The molecule has 1 nitrogen and oxygen atoms in total. The first kappa shape index (κ1) is 7.41. The van der Waals surface area contributed by atoms with Crippen LogP contribution in [0, 0.1) is 0 Å². The molecule has 0 amide bonds. The van der Waals surface area contributed by atoms with Crippen LogP contribution in [-0.2, 0) is 0 Å². The fourth-order valence-corrected chi connectivity index (χ4v) is 1.73. The molecular weight excluding hydrogens is 146 g/mol. The monoisotopic (exact) mass is 159 g/mol. The molecule has 0 saturated carbocycles. The zero-order valence-corrected chi connectivity index (χ0v) is 7.25. The minimum absolute atomic E-state index is 0.619. The van der Waals surface area contributed by atoms with E-state index in [0.717, 1.165) is 12.1 Å². The van der Waals surface area contributed by atoms with Crippen molar-refractivity contribution < 1.29 is 0 Å². The summed E-state index contributed by atoms with van der Waals surface area (Å²) in [5, 5.41) is 0. The molecule has 0 aromatic heterocycles. The van der Waals surface area contributed by atoms with E-state index in [1.54, 1.807) is 0 Å². The van der Waals surface area contributed by atoms with Gasteiger partial charge in [0.1, 0.15) is 0 Å². The number of hydrogen-bond acceptors (Lipinski definition) is 1. The Labute approximate surface area is 72.9 Å². The van der Waals surface area contributed by atoms with Crippen LogP contribution in [0.4, 0.5) is 0 Å². The molecule has 0 aliphatic heterocycles. The van der Waals surface area contributed by atoms with Crippen molar-refractivity contribution in [3.05, 3.63) is 41.5 Å². The van der Waals surface area contributed by atoms with Gasteiger partial charge in [-0.25, -0.2) is 0 Å². The van der Waals surface area contributed by atoms with Crippen LogP contribution in [0.5, 0.6) is 0 Å². The van der Waals surface area contributed by atoms with E-state index in [-0.39, 0.29) is 0 Å². The quantitative estimate of drug-likeness (QED) is 0.618. The highest BCUT2D eigenvalue weighted by Gasteiger charge is 2.14. The molecule has 0 spiro atoms. The summed E-state index contributed by atoms with van der Waals surface area (Å²) in [6, 6.07) is 8.38. The molecule has 0 fully saturated rings. The lowest BCUT2D eigenvalue weighted by Gasteiger charge is -2.20. The molecule has 1 heteroatoms. The van der Waals surface area contributed by atoms with Crippen LogP contribution in [0.25, 0.3) is 5.70 Å². The Morgan fingerprint density at radius 3 is 2.83 bits per heavy atom. The second-order valence-electron chi connectivity index (χ2n) is 3.38. The fraction of sp³-hybridized carbons (Fsp3) is 0.273. The maximum absolute atomic E-state index is 5.87. The first-order chi connectivity index (χ1) is 5.79. The van der Waals surface area contributed by atoms with Gasteiger partial charge in [-0.05, 0) is 17.9 Å². The van der Waals surface area contributed by atoms with Gasteiger partial charge in [-0.15, -0.1) is 0 Å². The number of nitrogens with two attached hydrogens (primary N) is 1. The van der Waals surface area contributed by atoms with Gasteiger partial charge in [0.25, 0.3) is 0 Å². The van der Waals surface area contributed by atoms with Gasteiger partial charge in [0.05, 0.1) is 0 Å². The van der Waals surface area contributed by atoms with Gasteiger partial charge >= 0.3 is 0 Å². The molecule has 0 heterocycles. The van der Waals surface area contributed by atoms with Gasteiger partial charge in [0.15, 0.2) is 0 Å². The largest absolute Gasteiger partial charge is 0.398 e. The third kappa shape index (κ3) is 1.02. The van der Waals surface area contributed by atoms with Crippen LogP contribution in [-0.4, -0.2) is 0 Å². The Morgan fingerprint density at radius 1 is 1.33 bits per heavy atom. The number of allylic oxidation sites excluding steroid dienone is 1. The number of fused-ring (bicyclic) bond motifs is 1. The molecule has 0 radical (unpaired) electrons. The molecule has 1 atom stereocenters. The lowest BCUT2D eigenvalue weighted by Crippen LogP contribution is -2.08. The second kappa shape index (κ2) is 2.67. The summed E-state index contributed by atoms with van der Waals surface area (Å²) in [6.07, 6.45) is 3.19. The van der Waals surface area contributed by atoms with Crippen molar-refractivity contribution in [3.8, 4) is 0 Å². The molecule has 1 aromatic carbocycles. The zero-order chi connectivity index (χ0) is 8.55. The Bertz CT molecular complexity index is 326. The van der Waals surface area contributed by atoms with E-state index in [2.05, 4.69) is 31.2 Å². The van der Waals surface area contributed by atoms with E-state index in [0.29, 0.717) is 5.92 Å². The van der Waals surface area contributed by atoms with Crippen LogP contribution >= 0.6 is 0 Å². The molecule has 0 saturated heterocycles. The minimum atomic E-state index is 0.619. The predicted octanol–water partition coefficient (Wildman–Crippen LogP) is 2.49. The van der Waals surface area contributed by atoms with E-state index in [1.807, 2.05) is 6.07 Å². The lowest BCUT2D eigenvalue weighted by molar-refractivity contribution is 0.766. The average molecular weight is 159 g/mol. The summed E-state index contributed by atoms with van der Waals surface area (Å²) < 4.78 is 0. The van der Waals surface area contributed by atoms with E-state index in [4.69, 9.17) is 5.73 Å². The molecular formula is C11H13N. The highest BCUT2D eigenvalue weighted by atomic mass is 14.6. The van der Waals surface area contributed by atoms with Crippen molar-refractivity contribution in [2.75, 3.05) is 0 Å². The zero-order valence-electron chi connectivity index (χ0n) is 7.25. The van der Waals surface area contributed by atoms with Crippen molar-refractivity contribution in [3.63, 3.8) is 0 Å². The van der Waals surface area contributed by atoms with Crippen molar-refractivity contribution in [2.45, 2.75) is 19.3 Å². The highest BCUT2D eigenvalue weighted by molar-refractivity contribution is 5.68. The van der Waals surface area contributed by atoms with Crippen molar-refractivity contribution in [2.24, 2.45) is 5.73 Å². The molecule has 62 valence electrons. The van der Waals surface area contributed by atoms with Crippen LogP contribution in [0.1, 0.15) is 30.4 Å². The lowest BCUT2D eigenvalue weighted by atomic mass is 9.87. The molecule has 1 unspecified atom stereocenters. The summed E-state index contributed by atoms with van der Waals surface area (Å²) in [7, 11) is 0. The summed E-state index contributed by atoms with van der Waals surface area (Å²) in [4.78, 5) is 0. The number of benzene rings is 1. The highest BCUT2D eigenvalue weighted by Crippen LogP contribution is 2.31. The van der Waals surface area contributed by atoms with Gasteiger partial charge in [0, 0.05) is 11.3 Å². The molecule has 2 N–H and O–H groups in total. The Hall–Kier alpha value is -1.24. The molecule has 12 heavy (non-hydrogen) atoms. The number of hydrogen-bond donors (Lipinski definition) is 1. The standard InChI is InChI=1S/C11H13N/c1-8-6-7-11(12)10-5-3-2-4-9(8)10/h2-5,7-8H,6,12H2,1H3. The van der Waals surface area contributed by atoms with Crippen molar-refractivity contribution in [1.82, 2.24) is 0 Å². The van der Waals surface area contributed by atoms with E-state index >= 15 is 0 Å². The molecule has 1 aromatic rings. The van der Waals surface area contributed by atoms with Crippen LogP contribution in [0.3, 0.4) is 0 Å². The van der Waals surface area contributed by atoms with E-state index in [1.165, 1.54) is 11.1 Å². The minimum Gasteiger partial charge on any atom is -0.398 e. The molecule has 1 aliphatic carbocycles. The van der Waals surface area contributed by atoms with Crippen LogP contribution in [0.2, 0.25) is 0 Å². The summed E-state index contributed by atoms with van der Waals surface area (Å²) in [6.45, 7) is 2.24. The smallest absolute Gasteiger partial charge is 0.0350 e. The van der Waals surface area contributed by atoms with E-state index in [9.17, 15) is 0 Å². The van der Waals surface area contributed by atoms with Crippen molar-refractivity contribution >= 4 is 5.70 Å². The third-order valence-electron chi connectivity index (χ3n) is 2.49. The van der Waals surface area contributed by atoms with Gasteiger partial charge in [-0.1, -0.05) is 37.3 Å².